The van der Waals surface area contributed by atoms with Crippen molar-refractivity contribution in [3.8, 4) is 0 Å². The van der Waals surface area contributed by atoms with Gasteiger partial charge in [0.2, 0.25) is 0 Å². The molecule has 1 atom stereocenters. The van der Waals surface area contributed by atoms with Crippen LogP contribution in [0.25, 0.3) is 0 Å². The van der Waals surface area contributed by atoms with Gasteiger partial charge in [0.1, 0.15) is 5.82 Å². The molecule has 0 aliphatic heterocycles. The molecule has 2 rings (SSSR count). The summed E-state index contributed by atoms with van der Waals surface area (Å²) in [5.41, 5.74) is 2.06. The second kappa shape index (κ2) is 7.05. The SMILES string of the molecule is CCCn1ncc(Cl)c1C(NCC)c1cccc(C)c1F. The lowest BCUT2D eigenvalue weighted by atomic mass is 10.0. The molecule has 1 heterocycles. The van der Waals surface area contributed by atoms with E-state index in [1.54, 1.807) is 25.3 Å². The summed E-state index contributed by atoms with van der Waals surface area (Å²) in [5.74, 6) is -0.191. The Hall–Kier alpha value is -1.39. The molecule has 0 amide bonds. The van der Waals surface area contributed by atoms with Gasteiger partial charge in [-0.3, -0.25) is 4.68 Å². The first-order chi connectivity index (χ1) is 10.1. The number of aryl methyl sites for hydroxylation is 2. The van der Waals surface area contributed by atoms with Crippen molar-refractivity contribution in [2.24, 2.45) is 0 Å². The molecule has 0 fully saturated rings. The molecular formula is C16H21ClFN3. The minimum absolute atomic E-state index is 0.191. The van der Waals surface area contributed by atoms with Crippen LogP contribution in [0.2, 0.25) is 5.02 Å². The smallest absolute Gasteiger partial charge is 0.131 e. The predicted molar refractivity (Wildman–Crippen MR) is 84.2 cm³/mol. The van der Waals surface area contributed by atoms with Crippen LogP contribution in [0, 0.1) is 12.7 Å². The summed E-state index contributed by atoms with van der Waals surface area (Å²) >= 11 is 6.31. The molecule has 3 nitrogen and oxygen atoms in total. The molecule has 21 heavy (non-hydrogen) atoms. The molecule has 1 unspecified atom stereocenters. The second-order valence-electron chi connectivity index (χ2n) is 5.07. The van der Waals surface area contributed by atoms with Gasteiger partial charge in [-0.15, -0.1) is 0 Å². The summed E-state index contributed by atoms with van der Waals surface area (Å²) in [4.78, 5) is 0. The van der Waals surface area contributed by atoms with Gasteiger partial charge in [0.15, 0.2) is 0 Å². The molecule has 0 spiro atoms. The molecule has 2 aromatic rings. The summed E-state index contributed by atoms with van der Waals surface area (Å²) in [5, 5.41) is 8.20. The number of aromatic nitrogens is 2. The van der Waals surface area contributed by atoms with Crippen molar-refractivity contribution in [3.05, 3.63) is 52.1 Å². The lowest BCUT2D eigenvalue weighted by Crippen LogP contribution is -2.26. The molecule has 0 bridgehead atoms. The first kappa shape index (κ1) is 16.0. The van der Waals surface area contributed by atoms with E-state index in [4.69, 9.17) is 11.6 Å². The van der Waals surface area contributed by atoms with Crippen LogP contribution in [0.4, 0.5) is 4.39 Å². The van der Waals surface area contributed by atoms with Crippen molar-refractivity contribution in [2.75, 3.05) is 6.54 Å². The van der Waals surface area contributed by atoms with Crippen LogP contribution in [0.15, 0.2) is 24.4 Å². The Morgan fingerprint density at radius 3 is 2.81 bits per heavy atom. The predicted octanol–water partition coefficient (Wildman–Crippen LogP) is 4.09. The first-order valence-electron chi connectivity index (χ1n) is 7.29. The average Bonchev–Trinajstić information content (AvgIpc) is 2.81. The number of nitrogens with one attached hydrogen (secondary N) is 1. The van der Waals surface area contributed by atoms with Crippen LogP contribution < -0.4 is 5.32 Å². The number of hydrogen-bond donors (Lipinski definition) is 1. The molecule has 1 aromatic heterocycles. The van der Waals surface area contributed by atoms with Crippen molar-refractivity contribution >= 4 is 11.6 Å². The van der Waals surface area contributed by atoms with Crippen molar-refractivity contribution in [3.63, 3.8) is 0 Å². The van der Waals surface area contributed by atoms with E-state index in [9.17, 15) is 4.39 Å². The Kier molecular flexibility index (Phi) is 5.37. The van der Waals surface area contributed by atoms with Gasteiger partial charge < -0.3 is 5.32 Å². The van der Waals surface area contributed by atoms with Crippen LogP contribution in [0.5, 0.6) is 0 Å². The highest BCUT2D eigenvalue weighted by atomic mass is 35.5. The van der Waals surface area contributed by atoms with Gasteiger partial charge in [-0.1, -0.05) is 43.6 Å². The molecule has 0 saturated heterocycles. The summed E-state index contributed by atoms with van der Waals surface area (Å²) in [6.45, 7) is 7.32. The molecule has 0 radical (unpaired) electrons. The largest absolute Gasteiger partial charge is 0.305 e. The van der Waals surface area contributed by atoms with E-state index in [1.165, 1.54) is 0 Å². The molecule has 0 aliphatic carbocycles. The molecule has 0 saturated carbocycles. The zero-order valence-corrected chi connectivity index (χ0v) is 13.4. The lowest BCUT2D eigenvalue weighted by molar-refractivity contribution is 0.500. The molecule has 1 N–H and O–H groups in total. The number of rotatable bonds is 6. The maximum absolute atomic E-state index is 14.5. The van der Waals surface area contributed by atoms with Crippen molar-refractivity contribution in [2.45, 2.75) is 39.8 Å². The van der Waals surface area contributed by atoms with E-state index < -0.39 is 0 Å². The summed E-state index contributed by atoms with van der Waals surface area (Å²) in [7, 11) is 0. The maximum Gasteiger partial charge on any atom is 0.131 e. The Morgan fingerprint density at radius 1 is 1.38 bits per heavy atom. The first-order valence-corrected chi connectivity index (χ1v) is 7.67. The minimum atomic E-state index is -0.295. The third kappa shape index (κ3) is 3.27. The van der Waals surface area contributed by atoms with Crippen LogP contribution in [-0.4, -0.2) is 16.3 Å². The Morgan fingerprint density at radius 2 is 2.14 bits per heavy atom. The van der Waals surface area contributed by atoms with E-state index in [0.717, 1.165) is 18.7 Å². The van der Waals surface area contributed by atoms with Gasteiger partial charge >= 0.3 is 0 Å². The summed E-state index contributed by atoms with van der Waals surface area (Å²) in [6.07, 6.45) is 2.57. The fraction of sp³-hybridized carbons (Fsp3) is 0.438. The van der Waals surface area contributed by atoms with Gasteiger partial charge in [0.05, 0.1) is 23.0 Å². The molecule has 5 heteroatoms. The van der Waals surface area contributed by atoms with Crippen molar-refractivity contribution in [1.82, 2.24) is 15.1 Å². The highest BCUT2D eigenvalue weighted by Gasteiger charge is 2.24. The minimum Gasteiger partial charge on any atom is -0.305 e. The van der Waals surface area contributed by atoms with E-state index in [-0.39, 0.29) is 11.9 Å². The summed E-state index contributed by atoms with van der Waals surface area (Å²) in [6, 6.07) is 5.14. The number of halogens is 2. The third-order valence-electron chi connectivity index (χ3n) is 3.48. The van der Waals surface area contributed by atoms with Crippen LogP contribution in [-0.2, 0) is 6.54 Å². The fourth-order valence-corrected chi connectivity index (χ4v) is 2.75. The van der Waals surface area contributed by atoms with Gasteiger partial charge in [-0.05, 0) is 25.5 Å². The molecule has 0 aliphatic rings. The third-order valence-corrected chi connectivity index (χ3v) is 3.77. The zero-order valence-electron chi connectivity index (χ0n) is 12.7. The normalized spacial score (nSPS) is 12.6. The maximum atomic E-state index is 14.5. The zero-order chi connectivity index (χ0) is 15.4. The van der Waals surface area contributed by atoms with Gasteiger partial charge in [0, 0.05) is 12.1 Å². The molecule has 1 aromatic carbocycles. The fourth-order valence-electron chi connectivity index (χ4n) is 2.50. The Bertz CT molecular complexity index is 610. The standard InChI is InChI=1S/C16H21ClFN3/c1-4-9-21-16(13(17)10-20-21)15(19-5-2)12-8-6-7-11(3)14(12)18/h6-8,10,15,19H,4-5,9H2,1-3H3. The van der Waals surface area contributed by atoms with Gasteiger partial charge in [-0.25, -0.2) is 4.39 Å². The van der Waals surface area contributed by atoms with E-state index >= 15 is 0 Å². The van der Waals surface area contributed by atoms with Crippen LogP contribution in [0.3, 0.4) is 0 Å². The van der Waals surface area contributed by atoms with Gasteiger partial charge in [-0.2, -0.15) is 5.10 Å². The highest BCUT2D eigenvalue weighted by molar-refractivity contribution is 6.31. The number of nitrogens with zero attached hydrogens (tertiary/aromatic N) is 2. The average molecular weight is 310 g/mol. The topological polar surface area (TPSA) is 29.9 Å². The van der Waals surface area contributed by atoms with E-state index in [2.05, 4.69) is 17.3 Å². The van der Waals surface area contributed by atoms with Crippen molar-refractivity contribution in [1.29, 1.82) is 0 Å². The lowest BCUT2D eigenvalue weighted by Gasteiger charge is -2.21. The quantitative estimate of drug-likeness (QED) is 0.871. The van der Waals surface area contributed by atoms with E-state index in [0.29, 0.717) is 22.7 Å². The Labute approximate surface area is 130 Å². The second-order valence-corrected chi connectivity index (χ2v) is 5.48. The van der Waals surface area contributed by atoms with Gasteiger partial charge in [0.25, 0.3) is 0 Å². The Balaban J connectivity index is 2.53. The number of benzene rings is 1. The number of hydrogen-bond acceptors (Lipinski definition) is 2. The van der Waals surface area contributed by atoms with E-state index in [1.807, 2.05) is 17.7 Å². The summed E-state index contributed by atoms with van der Waals surface area (Å²) < 4.78 is 16.4. The molecular weight excluding hydrogens is 289 g/mol. The van der Waals surface area contributed by atoms with Crippen LogP contribution >= 0.6 is 11.6 Å². The molecule has 114 valence electrons. The van der Waals surface area contributed by atoms with Crippen LogP contribution in [0.1, 0.15) is 43.1 Å². The highest BCUT2D eigenvalue weighted by Crippen LogP contribution is 2.30. The monoisotopic (exact) mass is 309 g/mol. The van der Waals surface area contributed by atoms with Crippen molar-refractivity contribution < 1.29 is 4.39 Å².